The molecule has 1 fully saturated rings. The largest absolute Gasteiger partial charge is 0.383 e. The van der Waals surface area contributed by atoms with E-state index >= 15 is 0 Å². The van der Waals surface area contributed by atoms with Gasteiger partial charge >= 0.3 is 0 Å². The fraction of sp³-hybridized carbons (Fsp3) is 0.833. The molecule has 1 amide bonds. The summed E-state index contributed by atoms with van der Waals surface area (Å²) in [5, 5.41) is 14.6. The van der Waals surface area contributed by atoms with E-state index in [1.807, 2.05) is 0 Å². The number of hydrogen-bond acceptors (Lipinski definition) is 3. The highest BCUT2D eigenvalue weighted by atomic mass is 16.3. The Morgan fingerprint density at radius 1 is 1.80 bits per heavy atom. The van der Waals surface area contributed by atoms with Crippen molar-refractivity contribution in [3.63, 3.8) is 0 Å². The molecule has 4 heteroatoms. The molecule has 10 heavy (non-hydrogen) atoms. The van der Waals surface area contributed by atoms with E-state index in [1.54, 1.807) is 0 Å². The Kier molecular flexibility index (Phi) is 2.24. The van der Waals surface area contributed by atoms with Crippen molar-refractivity contribution in [3.8, 4) is 0 Å². The summed E-state index contributed by atoms with van der Waals surface area (Å²) < 4.78 is 0. The van der Waals surface area contributed by atoms with E-state index in [4.69, 9.17) is 0 Å². The third-order valence-corrected chi connectivity index (χ3v) is 1.77. The van der Waals surface area contributed by atoms with Gasteiger partial charge in [0.05, 0.1) is 0 Å². The van der Waals surface area contributed by atoms with E-state index < -0.39 is 6.10 Å². The Morgan fingerprint density at radius 2 is 2.40 bits per heavy atom. The molecule has 0 aromatic rings. The molecule has 0 saturated carbocycles. The number of carbonyl (C=O) groups excluding carboxylic acids is 1. The Hall–Kier alpha value is -0.610. The highest BCUT2D eigenvalue weighted by Gasteiger charge is 2.29. The van der Waals surface area contributed by atoms with Crippen LogP contribution in [0.4, 0.5) is 0 Å². The van der Waals surface area contributed by atoms with Crippen molar-refractivity contribution in [2.75, 3.05) is 20.1 Å². The van der Waals surface area contributed by atoms with Crippen molar-refractivity contribution in [3.05, 3.63) is 0 Å². The number of hydrogen-bond donors (Lipinski definition) is 3. The molecule has 0 aromatic heterocycles. The molecule has 1 rings (SSSR count). The third kappa shape index (κ3) is 1.27. The second-order valence-electron chi connectivity index (χ2n) is 2.48. The quantitative estimate of drug-likeness (QED) is 0.433. The SMILES string of the molecule is CNC(=O)C(O)C1CNC1. The fourth-order valence-corrected chi connectivity index (χ4v) is 0.896. The number of carbonyl (C=O) groups is 1. The molecule has 0 aromatic carbocycles. The minimum absolute atomic E-state index is 0.111. The van der Waals surface area contributed by atoms with Gasteiger partial charge in [0.1, 0.15) is 6.10 Å². The number of likely N-dealkylation sites (N-methyl/N-ethyl adjacent to an activating group) is 1. The van der Waals surface area contributed by atoms with Gasteiger partial charge in [-0.2, -0.15) is 0 Å². The molecule has 3 N–H and O–H groups in total. The molecule has 4 nitrogen and oxygen atoms in total. The van der Waals surface area contributed by atoms with Crippen molar-refractivity contribution >= 4 is 5.91 Å². The summed E-state index contributed by atoms with van der Waals surface area (Å²) in [6.45, 7) is 1.49. The topological polar surface area (TPSA) is 61.4 Å². The monoisotopic (exact) mass is 144 g/mol. The van der Waals surface area contributed by atoms with Crippen LogP contribution in [0.1, 0.15) is 0 Å². The molecule has 1 aliphatic rings. The summed E-state index contributed by atoms with van der Waals surface area (Å²) in [6, 6.07) is 0. The molecular formula is C6H12N2O2. The van der Waals surface area contributed by atoms with Crippen LogP contribution in [0.5, 0.6) is 0 Å². The van der Waals surface area contributed by atoms with Gasteiger partial charge in [0, 0.05) is 26.1 Å². The first-order valence-electron chi connectivity index (χ1n) is 3.36. The van der Waals surface area contributed by atoms with Crippen LogP contribution in [0.25, 0.3) is 0 Å². The Balaban J connectivity index is 2.31. The lowest BCUT2D eigenvalue weighted by atomic mass is 9.96. The molecule has 1 saturated heterocycles. The maximum absolute atomic E-state index is 10.8. The van der Waals surface area contributed by atoms with Gasteiger partial charge in [0.2, 0.25) is 5.91 Å². The maximum Gasteiger partial charge on any atom is 0.248 e. The van der Waals surface area contributed by atoms with Gasteiger partial charge in [-0.05, 0) is 0 Å². The molecule has 1 aliphatic heterocycles. The van der Waals surface area contributed by atoms with Gasteiger partial charge in [-0.1, -0.05) is 0 Å². The fourth-order valence-electron chi connectivity index (χ4n) is 0.896. The second-order valence-corrected chi connectivity index (χ2v) is 2.48. The molecule has 58 valence electrons. The zero-order chi connectivity index (χ0) is 7.56. The minimum Gasteiger partial charge on any atom is -0.383 e. The van der Waals surface area contributed by atoms with E-state index in [-0.39, 0.29) is 11.8 Å². The van der Waals surface area contributed by atoms with Crippen LogP contribution in [0.15, 0.2) is 0 Å². The predicted octanol–water partition coefficient (Wildman–Crippen LogP) is -1.69. The van der Waals surface area contributed by atoms with Crippen LogP contribution >= 0.6 is 0 Å². The first-order valence-corrected chi connectivity index (χ1v) is 3.36. The van der Waals surface area contributed by atoms with Crippen molar-refractivity contribution in [1.29, 1.82) is 0 Å². The summed E-state index contributed by atoms with van der Waals surface area (Å²) in [7, 11) is 1.53. The third-order valence-electron chi connectivity index (χ3n) is 1.77. The highest BCUT2D eigenvalue weighted by molar-refractivity contribution is 5.80. The molecular weight excluding hydrogens is 132 g/mol. The smallest absolute Gasteiger partial charge is 0.248 e. The van der Waals surface area contributed by atoms with Crippen LogP contribution in [0.3, 0.4) is 0 Å². The first kappa shape index (κ1) is 7.50. The Morgan fingerprint density at radius 3 is 2.70 bits per heavy atom. The van der Waals surface area contributed by atoms with Crippen molar-refractivity contribution < 1.29 is 9.90 Å². The second kappa shape index (κ2) is 2.98. The predicted molar refractivity (Wildman–Crippen MR) is 36.4 cm³/mol. The number of nitrogens with one attached hydrogen (secondary N) is 2. The van der Waals surface area contributed by atoms with Gasteiger partial charge in [0.25, 0.3) is 0 Å². The lowest BCUT2D eigenvalue weighted by Crippen LogP contribution is -2.53. The molecule has 1 heterocycles. The molecule has 0 spiro atoms. The van der Waals surface area contributed by atoms with E-state index in [0.29, 0.717) is 0 Å². The van der Waals surface area contributed by atoms with Gasteiger partial charge in [-0.15, -0.1) is 0 Å². The summed E-state index contributed by atoms with van der Waals surface area (Å²) in [6.07, 6.45) is -0.828. The van der Waals surface area contributed by atoms with Gasteiger partial charge < -0.3 is 15.7 Å². The summed E-state index contributed by atoms with van der Waals surface area (Å²) in [4.78, 5) is 10.8. The van der Waals surface area contributed by atoms with Gasteiger partial charge in [-0.25, -0.2) is 0 Å². The van der Waals surface area contributed by atoms with Crippen LogP contribution in [0, 0.1) is 5.92 Å². The normalized spacial score (nSPS) is 21.4. The van der Waals surface area contributed by atoms with E-state index in [1.165, 1.54) is 7.05 Å². The van der Waals surface area contributed by atoms with E-state index in [9.17, 15) is 9.90 Å². The minimum atomic E-state index is -0.828. The Labute approximate surface area is 59.6 Å². The molecule has 0 radical (unpaired) electrons. The molecule has 1 atom stereocenters. The number of rotatable bonds is 2. The summed E-state index contributed by atoms with van der Waals surface area (Å²) in [5.74, 6) is -0.175. The van der Waals surface area contributed by atoms with Crippen LogP contribution in [0.2, 0.25) is 0 Å². The zero-order valence-electron chi connectivity index (χ0n) is 5.92. The van der Waals surface area contributed by atoms with Crippen LogP contribution in [-0.4, -0.2) is 37.3 Å². The molecule has 0 bridgehead atoms. The van der Waals surface area contributed by atoms with Crippen molar-refractivity contribution in [2.24, 2.45) is 5.92 Å². The lowest BCUT2D eigenvalue weighted by molar-refractivity contribution is -0.132. The Bertz CT molecular complexity index is 134. The number of aliphatic hydroxyl groups excluding tert-OH is 1. The highest BCUT2D eigenvalue weighted by Crippen LogP contribution is 2.08. The maximum atomic E-state index is 10.8. The van der Waals surface area contributed by atoms with Crippen LogP contribution < -0.4 is 10.6 Å². The average Bonchev–Trinajstić information content (AvgIpc) is 1.82. The standard InChI is InChI=1S/C6H12N2O2/c1-7-6(10)5(9)4-2-8-3-4/h4-5,8-9H,2-3H2,1H3,(H,7,10). The van der Waals surface area contributed by atoms with Gasteiger partial charge in [0.15, 0.2) is 0 Å². The molecule has 0 aliphatic carbocycles. The van der Waals surface area contributed by atoms with E-state index in [2.05, 4.69) is 10.6 Å². The van der Waals surface area contributed by atoms with Crippen LogP contribution in [-0.2, 0) is 4.79 Å². The number of aliphatic hydroxyl groups is 1. The van der Waals surface area contributed by atoms with Gasteiger partial charge in [-0.3, -0.25) is 4.79 Å². The lowest BCUT2D eigenvalue weighted by Gasteiger charge is -2.30. The zero-order valence-corrected chi connectivity index (χ0v) is 5.92. The number of amides is 1. The first-order chi connectivity index (χ1) is 4.75. The summed E-state index contributed by atoms with van der Waals surface area (Å²) in [5.41, 5.74) is 0. The van der Waals surface area contributed by atoms with Crippen molar-refractivity contribution in [2.45, 2.75) is 6.10 Å². The van der Waals surface area contributed by atoms with E-state index in [0.717, 1.165) is 13.1 Å². The average molecular weight is 144 g/mol. The van der Waals surface area contributed by atoms with Crippen molar-refractivity contribution in [1.82, 2.24) is 10.6 Å². The molecule has 1 unspecified atom stereocenters. The summed E-state index contributed by atoms with van der Waals surface area (Å²) >= 11 is 0.